The highest BCUT2D eigenvalue weighted by atomic mass is 16.6. The summed E-state index contributed by atoms with van der Waals surface area (Å²) in [5, 5.41) is 2.31. The first-order valence-corrected chi connectivity index (χ1v) is 11.4. The number of nitrogens with one attached hydrogen (secondary N) is 1. The summed E-state index contributed by atoms with van der Waals surface area (Å²) in [7, 11) is 0. The second-order valence-corrected chi connectivity index (χ2v) is 9.73. The van der Waals surface area contributed by atoms with Gasteiger partial charge in [0, 0.05) is 30.6 Å². The highest BCUT2D eigenvalue weighted by molar-refractivity contribution is 6.05. The first-order valence-electron chi connectivity index (χ1n) is 11.4. The SMILES string of the molecule is CC(C)(C)OC(=O)N1CCCCC1C#Cc1ccc2c(c1)CN(C1CCC(=O)NC1=O)C2=O. The molecule has 0 bridgehead atoms. The van der Waals surface area contributed by atoms with Crippen molar-refractivity contribution in [1.82, 2.24) is 15.1 Å². The van der Waals surface area contributed by atoms with Gasteiger partial charge in [0.05, 0.1) is 6.04 Å². The molecule has 8 nitrogen and oxygen atoms in total. The fraction of sp³-hybridized carbons (Fsp3) is 0.520. The molecule has 0 aliphatic carbocycles. The van der Waals surface area contributed by atoms with Crippen LogP contribution in [0.15, 0.2) is 18.2 Å². The highest BCUT2D eigenvalue weighted by Crippen LogP contribution is 2.28. The number of nitrogens with zero attached hydrogens (tertiary/aromatic N) is 2. The molecule has 3 heterocycles. The van der Waals surface area contributed by atoms with Crippen LogP contribution in [-0.4, -0.2) is 57.8 Å². The number of imide groups is 1. The average molecular weight is 452 g/mol. The van der Waals surface area contributed by atoms with Crippen molar-refractivity contribution in [3.05, 3.63) is 34.9 Å². The fourth-order valence-electron chi connectivity index (χ4n) is 4.44. The predicted molar refractivity (Wildman–Crippen MR) is 120 cm³/mol. The molecule has 2 atom stereocenters. The maximum absolute atomic E-state index is 12.8. The topological polar surface area (TPSA) is 96.0 Å². The minimum absolute atomic E-state index is 0.206. The van der Waals surface area contributed by atoms with E-state index >= 15 is 0 Å². The van der Waals surface area contributed by atoms with Gasteiger partial charge in [-0.05, 0) is 70.2 Å². The molecule has 4 rings (SSSR count). The van der Waals surface area contributed by atoms with Crippen LogP contribution in [-0.2, 0) is 20.9 Å². The Hall–Kier alpha value is -3.34. The molecule has 1 aromatic carbocycles. The van der Waals surface area contributed by atoms with Crippen LogP contribution in [0, 0.1) is 11.8 Å². The van der Waals surface area contributed by atoms with Crippen molar-refractivity contribution in [3.63, 3.8) is 0 Å². The Labute approximate surface area is 193 Å². The molecular weight excluding hydrogens is 422 g/mol. The summed E-state index contributed by atoms with van der Waals surface area (Å²) in [6.45, 7) is 6.47. The van der Waals surface area contributed by atoms with E-state index in [9.17, 15) is 19.2 Å². The van der Waals surface area contributed by atoms with Crippen LogP contribution in [0.3, 0.4) is 0 Å². The number of rotatable bonds is 1. The number of hydrogen-bond donors (Lipinski definition) is 1. The zero-order chi connectivity index (χ0) is 23.8. The molecule has 0 aromatic heterocycles. The monoisotopic (exact) mass is 451 g/mol. The molecule has 2 unspecified atom stereocenters. The number of hydrogen-bond acceptors (Lipinski definition) is 5. The lowest BCUT2D eigenvalue weighted by Gasteiger charge is -2.34. The molecule has 1 aromatic rings. The van der Waals surface area contributed by atoms with Crippen LogP contribution in [0.4, 0.5) is 4.79 Å². The molecule has 0 spiro atoms. The largest absolute Gasteiger partial charge is 0.444 e. The van der Waals surface area contributed by atoms with Crippen LogP contribution in [0.1, 0.15) is 74.4 Å². The Morgan fingerprint density at radius 3 is 2.67 bits per heavy atom. The number of benzene rings is 1. The van der Waals surface area contributed by atoms with Gasteiger partial charge in [-0.1, -0.05) is 11.8 Å². The summed E-state index contributed by atoms with van der Waals surface area (Å²) in [6.07, 6.45) is 2.93. The smallest absolute Gasteiger partial charge is 0.411 e. The first-order chi connectivity index (χ1) is 15.6. The lowest BCUT2D eigenvalue weighted by atomic mass is 10.0. The van der Waals surface area contributed by atoms with Crippen molar-refractivity contribution in [1.29, 1.82) is 0 Å². The van der Waals surface area contributed by atoms with Crippen molar-refractivity contribution in [2.75, 3.05) is 6.54 Å². The number of piperidine rings is 2. The number of fused-ring (bicyclic) bond motifs is 1. The van der Waals surface area contributed by atoms with Crippen LogP contribution < -0.4 is 5.32 Å². The number of amides is 4. The summed E-state index contributed by atoms with van der Waals surface area (Å²) < 4.78 is 5.54. The summed E-state index contributed by atoms with van der Waals surface area (Å²) >= 11 is 0. The lowest BCUT2D eigenvalue weighted by Crippen LogP contribution is -2.52. The highest BCUT2D eigenvalue weighted by Gasteiger charge is 2.39. The van der Waals surface area contributed by atoms with Gasteiger partial charge >= 0.3 is 6.09 Å². The van der Waals surface area contributed by atoms with E-state index in [1.54, 1.807) is 17.0 Å². The molecule has 3 aliphatic heterocycles. The van der Waals surface area contributed by atoms with Crippen LogP contribution in [0.25, 0.3) is 0 Å². The zero-order valence-electron chi connectivity index (χ0n) is 19.3. The van der Waals surface area contributed by atoms with Gasteiger partial charge in [-0.2, -0.15) is 0 Å². The second-order valence-electron chi connectivity index (χ2n) is 9.73. The molecular formula is C25H29N3O5. The van der Waals surface area contributed by atoms with Crippen molar-refractivity contribution in [2.45, 2.75) is 77.1 Å². The molecule has 33 heavy (non-hydrogen) atoms. The third kappa shape index (κ3) is 5.03. The summed E-state index contributed by atoms with van der Waals surface area (Å²) in [4.78, 5) is 52.3. The van der Waals surface area contributed by atoms with Crippen LogP contribution >= 0.6 is 0 Å². The van der Waals surface area contributed by atoms with Gasteiger partial charge in [-0.3, -0.25) is 24.6 Å². The molecule has 4 amide bonds. The first kappa shape index (κ1) is 22.8. The maximum atomic E-state index is 12.8. The van der Waals surface area contributed by atoms with E-state index in [0.29, 0.717) is 25.1 Å². The second kappa shape index (κ2) is 8.89. The van der Waals surface area contributed by atoms with E-state index < -0.39 is 17.6 Å². The molecule has 3 aliphatic rings. The summed E-state index contributed by atoms with van der Waals surface area (Å²) in [5.74, 6) is 5.45. The van der Waals surface area contributed by atoms with Gasteiger partial charge in [-0.25, -0.2) is 4.79 Å². The Balaban J connectivity index is 1.49. The van der Waals surface area contributed by atoms with Crippen molar-refractivity contribution in [3.8, 4) is 11.8 Å². The van der Waals surface area contributed by atoms with Gasteiger partial charge in [-0.15, -0.1) is 0 Å². The van der Waals surface area contributed by atoms with Gasteiger partial charge in [0.1, 0.15) is 11.6 Å². The lowest BCUT2D eigenvalue weighted by molar-refractivity contribution is -0.136. The van der Waals surface area contributed by atoms with Crippen molar-refractivity contribution < 1.29 is 23.9 Å². The quantitative estimate of drug-likeness (QED) is 0.523. The molecule has 174 valence electrons. The molecule has 0 saturated carbocycles. The van der Waals surface area contributed by atoms with E-state index in [4.69, 9.17) is 4.74 Å². The van der Waals surface area contributed by atoms with Crippen molar-refractivity contribution >= 4 is 23.8 Å². The number of ether oxygens (including phenoxy) is 1. The van der Waals surface area contributed by atoms with Gasteiger partial charge < -0.3 is 9.64 Å². The number of carbonyl (C=O) groups is 4. The molecule has 0 radical (unpaired) electrons. The molecule has 8 heteroatoms. The van der Waals surface area contributed by atoms with E-state index in [-0.39, 0.29) is 30.4 Å². The zero-order valence-corrected chi connectivity index (χ0v) is 19.3. The Bertz CT molecular complexity index is 1060. The molecule has 2 fully saturated rings. The minimum Gasteiger partial charge on any atom is -0.444 e. The summed E-state index contributed by atoms with van der Waals surface area (Å²) in [5.41, 5.74) is 1.55. The number of likely N-dealkylation sites (tertiary alicyclic amines) is 1. The van der Waals surface area contributed by atoms with Crippen LogP contribution in [0.5, 0.6) is 0 Å². The normalized spacial score (nSPS) is 22.9. The minimum atomic E-state index is -0.637. The third-order valence-electron chi connectivity index (χ3n) is 6.04. The van der Waals surface area contributed by atoms with E-state index in [1.165, 1.54) is 4.90 Å². The Morgan fingerprint density at radius 1 is 1.15 bits per heavy atom. The predicted octanol–water partition coefficient (Wildman–Crippen LogP) is 2.59. The standard InChI is InChI=1S/C25H29N3O5/c1-25(2,3)33-24(32)27-13-5-4-6-18(27)9-7-16-8-10-19-17(14-16)15-28(23(19)31)20-11-12-21(29)26-22(20)30/h8,10,14,18,20H,4-6,11-13,15H2,1-3H3,(H,26,29,30). The van der Waals surface area contributed by atoms with E-state index in [2.05, 4.69) is 17.2 Å². The van der Waals surface area contributed by atoms with E-state index in [0.717, 1.165) is 30.4 Å². The van der Waals surface area contributed by atoms with E-state index in [1.807, 2.05) is 26.8 Å². The Morgan fingerprint density at radius 2 is 1.94 bits per heavy atom. The van der Waals surface area contributed by atoms with Crippen molar-refractivity contribution in [2.24, 2.45) is 0 Å². The average Bonchev–Trinajstić information content (AvgIpc) is 3.07. The molecule has 2 saturated heterocycles. The van der Waals surface area contributed by atoms with Gasteiger partial charge in [0.15, 0.2) is 0 Å². The third-order valence-corrected chi connectivity index (χ3v) is 6.04. The molecule has 1 N–H and O–H groups in total. The van der Waals surface area contributed by atoms with Gasteiger partial charge in [0.2, 0.25) is 11.8 Å². The fourth-order valence-corrected chi connectivity index (χ4v) is 4.44. The number of carbonyl (C=O) groups excluding carboxylic acids is 4. The van der Waals surface area contributed by atoms with Gasteiger partial charge in [0.25, 0.3) is 5.91 Å². The maximum Gasteiger partial charge on any atom is 0.411 e. The van der Waals surface area contributed by atoms with Crippen LogP contribution in [0.2, 0.25) is 0 Å². The summed E-state index contributed by atoms with van der Waals surface area (Å²) in [6, 6.07) is 4.54. The Kier molecular flexibility index (Phi) is 6.15.